The van der Waals surface area contributed by atoms with Crippen LogP contribution in [0.15, 0.2) is 91.0 Å². The first-order valence-electron chi connectivity index (χ1n) is 12.9. The summed E-state index contributed by atoms with van der Waals surface area (Å²) in [4.78, 5) is 38.0. The Hall–Kier alpha value is -4.55. The molecule has 0 saturated heterocycles. The quantitative estimate of drug-likeness (QED) is 0.211. The summed E-state index contributed by atoms with van der Waals surface area (Å²) >= 11 is 0. The van der Waals surface area contributed by atoms with Crippen LogP contribution in [0.1, 0.15) is 41.2 Å². The number of hydrogen-bond acceptors (Lipinski definition) is 5. The fraction of sp³-hybridized carbons (Fsp3) is 0.182. The van der Waals surface area contributed by atoms with E-state index in [4.69, 9.17) is 9.84 Å². The zero-order valence-corrected chi connectivity index (χ0v) is 21.9. The minimum atomic E-state index is -0.522. The van der Waals surface area contributed by atoms with Crippen LogP contribution in [0.25, 0.3) is 17.7 Å². The molecular weight excluding hydrogens is 490 g/mol. The van der Waals surface area contributed by atoms with Crippen LogP contribution < -0.4 is 4.74 Å². The van der Waals surface area contributed by atoms with Crippen LogP contribution >= 0.6 is 0 Å². The number of ether oxygens (including phenoxy) is 1. The third-order valence-electron chi connectivity index (χ3n) is 6.44. The fourth-order valence-corrected chi connectivity index (χ4v) is 4.44. The number of allylic oxidation sites excluding steroid dienone is 1. The van der Waals surface area contributed by atoms with Gasteiger partial charge in [0.05, 0.1) is 0 Å². The van der Waals surface area contributed by atoms with Crippen molar-refractivity contribution in [2.24, 2.45) is 0 Å². The highest BCUT2D eigenvalue weighted by atomic mass is 16.5. The number of carbonyl (C=O) groups excluding carboxylic acids is 3. The molecule has 6 heteroatoms. The van der Waals surface area contributed by atoms with Gasteiger partial charge in [-0.15, -0.1) is 0 Å². The molecule has 0 heterocycles. The molecule has 0 atom stereocenters. The summed E-state index contributed by atoms with van der Waals surface area (Å²) in [5.41, 5.74) is 6.19. The number of nitrogens with zero attached hydrogens (tertiary/aromatic N) is 1. The third-order valence-corrected chi connectivity index (χ3v) is 6.44. The topological polar surface area (TPSA) is 83.9 Å². The number of carbonyl (C=O) groups is 3. The van der Waals surface area contributed by atoms with Gasteiger partial charge in [0.15, 0.2) is 5.78 Å². The number of aliphatic hydroxyl groups excluding tert-OH is 1. The SMILES string of the molecule is CC(=O)Oc1ccccc1C=CC(=O)N(CCC1=CCc2ccccc21)Cc1ccc(/C=C/C(=O)CO)cc1. The molecule has 0 fully saturated rings. The summed E-state index contributed by atoms with van der Waals surface area (Å²) in [6.45, 7) is 1.76. The van der Waals surface area contributed by atoms with Crippen LogP contribution in [-0.4, -0.2) is 40.8 Å². The number of esters is 1. The maximum atomic E-state index is 13.4. The first-order chi connectivity index (χ1) is 18.9. The van der Waals surface area contributed by atoms with Gasteiger partial charge in [0.25, 0.3) is 0 Å². The molecule has 0 aromatic heterocycles. The molecule has 0 aliphatic heterocycles. The molecule has 39 heavy (non-hydrogen) atoms. The molecule has 3 aromatic rings. The van der Waals surface area contributed by atoms with E-state index in [1.807, 2.05) is 42.5 Å². The lowest BCUT2D eigenvalue weighted by Gasteiger charge is -2.22. The van der Waals surface area contributed by atoms with Crippen molar-refractivity contribution in [1.82, 2.24) is 4.90 Å². The van der Waals surface area contributed by atoms with Crippen molar-refractivity contribution in [2.75, 3.05) is 13.2 Å². The normalized spacial score (nSPS) is 12.4. The number of para-hydroxylation sites is 1. The number of fused-ring (bicyclic) bond motifs is 1. The summed E-state index contributed by atoms with van der Waals surface area (Å²) in [5.74, 6) is -0.540. The first-order valence-corrected chi connectivity index (χ1v) is 12.9. The lowest BCUT2D eigenvalue weighted by Crippen LogP contribution is -2.30. The van der Waals surface area contributed by atoms with Crippen molar-refractivity contribution in [3.63, 3.8) is 0 Å². The number of benzene rings is 3. The van der Waals surface area contributed by atoms with Crippen LogP contribution in [-0.2, 0) is 27.3 Å². The van der Waals surface area contributed by atoms with E-state index in [0.29, 0.717) is 24.4 Å². The molecule has 6 nitrogen and oxygen atoms in total. The van der Waals surface area contributed by atoms with Gasteiger partial charge in [0, 0.05) is 31.7 Å². The molecule has 0 unspecified atom stereocenters. The van der Waals surface area contributed by atoms with Crippen LogP contribution in [0.2, 0.25) is 0 Å². The largest absolute Gasteiger partial charge is 0.426 e. The smallest absolute Gasteiger partial charge is 0.308 e. The van der Waals surface area contributed by atoms with E-state index >= 15 is 0 Å². The number of hydrogen-bond donors (Lipinski definition) is 1. The molecule has 1 N–H and O–H groups in total. The van der Waals surface area contributed by atoms with Crippen LogP contribution in [0, 0.1) is 0 Å². The van der Waals surface area contributed by atoms with Crippen molar-refractivity contribution < 1.29 is 24.2 Å². The highest BCUT2D eigenvalue weighted by Gasteiger charge is 2.17. The molecule has 1 amide bonds. The predicted octanol–water partition coefficient (Wildman–Crippen LogP) is 5.26. The Bertz CT molecular complexity index is 1430. The maximum absolute atomic E-state index is 13.4. The maximum Gasteiger partial charge on any atom is 0.308 e. The summed E-state index contributed by atoms with van der Waals surface area (Å²) in [7, 11) is 0. The lowest BCUT2D eigenvalue weighted by atomic mass is 10.0. The second-order valence-electron chi connectivity index (χ2n) is 9.26. The van der Waals surface area contributed by atoms with Crippen LogP contribution in [0.4, 0.5) is 0 Å². The molecule has 4 rings (SSSR count). The Morgan fingerprint density at radius 2 is 1.67 bits per heavy atom. The third kappa shape index (κ3) is 7.72. The highest BCUT2D eigenvalue weighted by Crippen LogP contribution is 2.30. The average molecular weight is 522 g/mol. The van der Waals surface area contributed by atoms with E-state index < -0.39 is 12.6 Å². The molecule has 0 bridgehead atoms. The zero-order chi connectivity index (χ0) is 27.6. The predicted molar refractivity (Wildman–Crippen MR) is 153 cm³/mol. The van der Waals surface area contributed by atoms with Crippen molar-refractivity contribution in [1.29, 1.82) is 0 Å². The molecular formula is C33H31NO5. The van der Waals surface area contributed by atoms with E-state index in [0.717, 1.165) is 24.0 Å². The number of aliphatic hydroxyl groups is 1. The summed E-state index contributed by atoms with van der Waals surface area (Å²) in [6.07, 6.45) is 10.0. The highest BCUT2D eigenvalue weighted by molar-refractivity contribution is 5.94. The second kappa shape index (κ2) is 13.3. The van der Waals surface area contributed by atoms with Crippen molar-refractivity contribution in [2.45, 2.75) is 26.3 Å². The Labute approximate surface area is 228 Å². The van der Waals surface area contributed by atoms with Gasteiger partial charge in [-0.1, -0.05) is 78.9 Å². The Kier molecular flexibility index (Phi) is 9.38. The molecule has 0 spiro atoms. The van der Waals surface area contributed by atoms with Gasteiger partial charge in [-0.2, -0.15) is 0 Å². The molecule has 0 saturated carbocycles. The first kappa shape index (κ1) is 27.5. The number of rotatable bonds is 11. The van der Waals surface area contributed by atoms with E-state index in [1.165, 1.54) is 35.8 Å². The minimum Gasteiger partial charge on any atom is -0.426 e. The average Bonchev–Trinajstić information content (AvgIpc) is 3.36. The molecule has 1 aliphatic carbocycles. The van der Waals surface area contributed by atoms with Gasteiger partial charge in [-0.05, 0) is 58.9 Å². The van der Waals surface area contributed by atoms with Gasteiger partial charge in [0.2, 0.25) is 5.91 Å². The number of ketones is 1. The second-order valence-corrected chi connectivity index (χ2v) is 9.26. The molecule has 198 valence electrons. The zero-order valence-electron chi connectivity index (χ0n) is 21.9. The van der Waals surface area contributed by atoms with E-state index in [9.17, 15) is 14.4 Å². The standard InChI is InChI=1S/C33H31NO5/c1-24(36)39-32-9-5-3-7-29(32)17-19-33(38)34(21-20-28-16-15-27-6-2-4-8-31(27)28)22-26-12-10-25(11-13-26)14-18-30(37)23-35/h2-14,16-19,35H,15,20-23H2,1H3/b18-14+,19-17?. The molecule has 0 radical (unpaired) electrons. The Morgan fingerprint density at radius 3 is 2.44 bits per heavy atom. The number of amides is 1. The Balaban J connectivity index is 1.51. The van der Waals surface area contributed by atoms with Gasteiger partial charge >= 0.3 is 5.97 Å². The summed E-state index contributed by atoms with van der Waals surface area (Å²) < 4.78 is 5.27. The lowest BCUT2D eigenvalue weighted by molar-refractivity contribution is -0.132. The van der Waals surface area contributed by atoms with E-state index in [-0.39, 0.29) is 11.7 Å². The monoisotopic (exact) mass is 521 g/mol. The Morgan fingerprint density at radius 1 is 0.923 bits per heavy atom. The molecule has 3 aromatic carbocycles. The van der Waals surface area contributed by atoms with Gasteiger partial charge < -0.3 is 14.7 Å². The van der Waals surface area contributed by atoms with Gasteiger partial charge in [-0.25, -0.2) is 0 Å². The fourth-order valence-electron chi connectivity index (χ4n) is 4.44. The van der Waals surface area contributed by atoms with Gasteiger partial charge in [-0.3, -0.25) is 14.4 Å². The van der Waals surface area contributed by atoms with Crippen LogP contribution in [0.5, 0.6) is 5.75 Å². The molecule has 1 aliphatic rings. The minimum absolute atomic E-state index is 0.156. The van der Waals surface area contributed by atoms with Crippen molar-refractivity contribution >= 4 is 35.4 Å². The van der Waals surface area contributed by atoms with E-state index in [1.54, 1.807) is 35.3 Å². The van der Waals surface area contributed by atoms with E-state index in [2.05, 4.69) is 18.2 Å². The summed E-state index contributed by atoms with van der Waals surface area (Å²) in [6, 6.07) is 23.0. The van der Waals surface area contributed by atoms with Crippen molar-refractivity contribution in [3.8, 4) is 5.75 Å². The van der Waals surface area contributed by atoms with Crippen LogP contribution in [0.3, 0.4) is 0 Å². The van der Waals surface area contributed by atoms with Gasteiger partial charge in [0.1, 0.15) is 12.4 Å². The summed E-state index contributed by atoms with van der Waals surface area (Å²) in [5, 5.41) is 8.89. The van der Waals surface area contributed by atoms with Crippen molar-refractivity contribution in [3.05, 3.63) is 119 Å².